The Morgan fingerprint density at radius 3 is 2.84 bits per heavy atom. The van der Waals surface area contributed by atoms with Gasteiger partial charge < -0.3 is 9.80 Å². The fourth-order valence-corrected chi connectivity index (χ4v) is 4.55. The topological polar surface area (TPSA) is 22.1 Å². The third-order valence-corrected chi connectivity index (χ3v) is 5.80. The summed E-state index contributed by atoms with van der Waals surface area (Å²) in [5, 5.41) is 0. The molecule has 1 aliphatic carbocycles. The summed E-state index contributed by atoms with van der Waals surface area (Å²) in [5.74, 6) is 0. The van der Waals surface area contributed by atoms with Crippen LogP contribution in [0.25, 0.3) is 0 Å². The van der Waals surface area contributed by atoms with Crippen LogP contribution in [0.5, 0.6) is 0 Å². The van der Waals surface area contributed by atoms with E-state index < -0.39 is 0 Å². The molecule has 1 atom stereocenters. The number of para-hydroxylation sites is 1. The molecule has 0 N–H and O–H groups in total. The zero-order valence-electron chi connectivity index (χ0n) is 14.7. The second-order valence-electron chi connectivity index (χ2n) is 7.31. The average molecular weight is 332 g/mol. The van der Waals surface area contributed by atoms with E-state index in [1.807, 2.05) is 0 Å². The van der Waals surface area contributed by atoms with Crippen LogP contribution in [0.1, 0.15) is 25.3 Å². The number of nitrogens with zero attached hydrogens (tertiary/aromatic N) is 4. The summed E-state index contributed by atoms with van der Waals surface area (Å²) >= 11 is 0. The second-order valence-corrected chi connectivity index (χ2v) is 7.31. The molecule has 3 aliphatic heterocycles. The standard InChI is InChI=1S/C21H24N4/c1-17-15-24-19-9-3-2-8-18(19)14-22-20-10-4-5-11-21(20,24)25(17)16-23-12-6-7-13-23/h2-5,8-11,15H,6-7,12-14,16H2,1H3. The first kappa shape index (κ1) is 15.0. The summed E-state index contributed by atoms with van der Waals surface area (Å²) < 4.78 is 0. The third kappa shape index (κ3) is 2.13. The zero-order chi connectivity index (χ0) is 16.9. The van der Waals surface area contributed by atoms with E-state index in [4.69, 9.17) is 4.99 Å². The molecule has 1 spiro atoms. The van der Waals surface area contributed by atoms with Gasteiger partial charge in [0.25, 0.3) is 0 Å². The number of allylic oxidation sites excluding steroid dienone is 3. The number of likely N-dealkylation sites (tertiary alicyclic amines) is 1. The van der Waals surface area contributed by atoms with Crippen LogP contribution < -0.4 is 4.90 Å². The van der Waals surface area contributed by atoms with Crippen molar-refractivity contribution in [2.24, 2.45) is 4.99 Å². The Bertz CT molecular complexity index is 813. The molecule has 0 saturated carbocycles. The largest absolute Gasteiger partial charge is 0.329 e. The van der Waals surface area contributed by atoms with Gasteiger partial charge in [0.15, 0.2) is 5.66 Å². The van der Waals surface area contributed by atoms with Crippen LogP contribution in [0, 0.1) is 0 Å². The van der Waals surface area contributed by atoms with Gasteiger partial charge in [0, 0.05) is 17.6 Å². The van der Waals surface area contributed by atoms with Crippen molar-refractivity contribution in [1.29, 1.82) is 0 Å². The third-order valence-electron chi connectivity index (χ3n) is 5.80. The highest BCUT2D eigenvalue weighted by Gasteiger charge is 2.50. The minimum atomic E-state index is -0.325. The Morgan fingerprint density at radius 2 is 1.96 bits per heavy atom. The summed E-state index contributed by atoms with van der Waals surface area (Å²) in [6.07, 6.45) is 13.7. The van der Waals surface area contributed by atoms with Gasteiger partial charge in [-0.25, -0.2) is 0 Å². The Labute approximate surface area is 149 Å². The van der Waals surface area contributed by atoms with E-state index >= 15 is 0 Å². The van der Waals surface area contributed by atoms with Crippen LogP contribution >= 0.6 is 0 Å². The van der Waals surface area contributed by atoms with Crippen molar-refractivity contribution in [2.45, 2.75) is 32.0 Å². The number of rotatable bonds is 2. The van der Waals surface area contributed by atoms with E-state index in [1.54, 1.807) is 0 Å². The molecule has 1 saturated heterocycles. The van der Waals surface area contributed by atoms with Crippen LogP contribution in [0.15, 0.2) is 65.5 Å². The molecular weight excluding hydrogens is 308 g/mol. The predicted octanol–water partition coefficient (Wildman–Crippen LogP) is 3.50. The van der Waals surface area contributed by atoms with E-state index in [9.17, 15) is 0 Å². The SMILES string of the molecule is CC1=CN2c3ccccc3CN=C3C=CC=CC32N1CN1CCCC1. The highest BCUT2D eigenvalue weighted by molar-refractivity contribution is 6.09. The molecule has 0 amide bonds. The minimum Gasteiger partial charge on any atom is -0.329 e. The van der Waals surface area contributed by atoms with Gasteiger partial charge in [0.1, 0.15) is 0 Å². The average Bonchev–Trinajstić information content (AvgIpc) is 3.21. The van der Waals surface area contributed by atoms with Crippen molar-refractivity contribution < 1.29 is 0 Å². The van der Waals surface area contributed by atoms with Gasteiger partial charge in [-0.2, -0.15) is 0 Å². The summed E-state index contributed by atoms with van der Waals surface area (Å²) in [5.41, 5.74) is 4.67. The lowest BCUT2D eigenvalue weighted by Gasteiger charge is -2.46. The van der Waals surface area contributed by atoms with Gasteiger partial charge in [-0.05, 0) is 56.6 Å². The maximum absolute atomic E-state index is 5.02. The monoisotopic (exact) mass is 332 g/mol. The summed E-state index contributed by atoms with van der Waals surface area (Å²) in [6.45, 7) is 6.32. The fourth-order valence-electron chi connectivity index (χ4n) is 4.55. The van der Waals surface area contributed by atoms with Gasteiger partial charge >= 0.3 is 0 Å². The molecule has 0 bridgehead atoms. The molecule has 0 aromatic heterocycles. The number of fused-ring (bicyclic) bond motifs is 2. The molecule has 5 rings (SSSR count). The molecule has 4 heteroatoms. The minimum absolute atomic E-state index is 0.325. The van der Waals surface area contributed by atoms with Crippen molar-refractivity contribution in [3.05, 3.63) is 66.0 Å². The number of hydrogen-bond acceptors (Lipinski definition) is 4. The molecule has 3 heterocycles. The van der Waals surface area contributed by atoms with Crippen molar-refractivity contribution in [3.8, 4) is 0 Å². The van der Waals surface area contributed by atoms with Crippen LogP contribution in [-0.2, 0) is 6.54 Å². The number of aliphatic imine (C=N–C) groups is 1. The van der Waals surface area contributed by atoms with E-state index in [0.717, 1.165) is 18.9 Å². The van der Waals surface area contributed by atoms with Crippen LogP contribution in [0.2, 0.25) is 0 Å². The molecule has 25 heavy (non-hydrogen) atoms. The lowest BCUT2D eigenvalue weighted by Crippen LogP contribution is -2.60. The van der Waals surface area contributed by atoms with Crippen molar-refractivity contribution in [1.82, 2.24) is 9.80 Å². The Balaban J connectivity index is 1.65. The van der Waals surface area contributed by atoms with Crippen molar-refractivity contribution in [3.63, 3.8) is 0 Å². The zero-order valence-corrected chi connectivity index (χ0v) is 14.7. The van der Waals surface area contributed by atoms with Crippen LogP contribution in [-0.4, -0.2) is 40.9 Å². The molecule has 1 aromatic rings. The Kier molecular flexibility index (Phi) is 3.35. The molecule has 4 nitrogen and oxygen atoms in total. The summed E-state index contributed by atoms with van der Waals surface area (Å²) in [6, 6.07) is 8.67. The number of benzene rings is 1. The first-order chi connectivity index (χ1) is 12.3. The maximum Gasteiger partial charge on any atom is 0.181 e. The lowest BCUT2D eigenvalue weighted by atomic mass is 9.95. The lowest BCUT2D eigenvalue weighted by molar-refractivity contribution is 0.153. The van der Waals surface area contributed by atoms with E-state index in [2.05, 4.69) is 76.4 Å². The Morgan fingerprint density at radius 1 is 1.12 bits per heavy atom. The first-order valence-electron chi connectivity index (χ1n) is 9.25. The van der Waals surface area contributed by atoms with Gasteiger partial charge in [-0.3, -0.25) is 9.89 Å². The molecule has 128 valence electrons. The number of anilines is 1. The van der Waals surface area contributed by atoms with Gasteiger partial charge in [-0.15, -0.1) is 0 Å². The fraction of sp³-hybridized carbons (Fsp3) is 0.381. The van der Waals surface area contributed by atoms with Gasteiger partial charge in [0.2, 0.25) is 0 Å². The Hall–Kier alpha value is -2.33. The van der Waals surface area contributed by atoms with E-state index in [0.29, 0.717) is 0 Å². The molecular formula is C21H24N4. The van der Waals surface area contributed by atoms with Crippen molar-refractivity contribution in [2.75, 3.05) is 24.7 Å². The van der Waals surface area contributed by atoms with E-state index in [-0.39, 0.29) is 5.66 Å². The predicted molar refractivity (Wildman–Crippen MR) is 102 cm³/mol. The van der Waals surface area contributed by atoms with Crippen molar-refractivity contribution >= 4 is 11.4 Å². The van der Waals surface area contributed by atoms with E-state index in [1.165, 1.54) is 42.9 Å². The summed E-state index contributed by atoms with van der Waals surface area (Å²) in [7, 11) is 0. The highest BCUT2D eigenvalue weighted by atomic mass is 15.5. The molecule has 4 aliphatic rings. The smallest absolute Gasteiger partial charge is 0.181 e. The molecule has 0 radical (unpaired) electrons. The van der Waals surface area contributed by atoms with Crippen LogP contribution in [0.3, 0.4) is 0 Å². The number of hydrogen-bond donors (Lipinski definition) is 0. The molecule has 1 unspecified atom stereocenters. The molecule has 1 aromatic carbocycles. The quantitative estimate of drug-likeness (QED) is 0.827. The summed E-state index contributed by atoms with van der Waals surface area (Å²) in [4.78, 5) is 12.5. The van der Waals surface area contributed by atoms with Gasteiger partial charge in [0.05, 0.1) is 18.9 Å². The maximum atomic E-state index is 5.02. The second kappa shape index (κ2) is 5.60. The van der Waals surface area contributed by atoms with Crippen LogP contribution in [0.4, 0.5) is 5.69 Å². The molecule has 1 fully saturated rings. The first-order valence-corrected chi connectivity index (χ1v) is 9.25. The normalized spacial score (nSPS) is 27.6. The highest BCUT2D eigenvalue weighted by Crippen LogP contribution is 2.43. The van der Waals surface area contributed by atoms with Gasteiger partial charge in [-0.1, -0.05) is 30.4 Å².